The Labute approximate surface area is 130 Å². The molecule has 3 nitrogen and oxygen atoms in total. The van der Waals surface area contributed by atoms with E-state index >= 15 is 0 Å². The zero-order chi connectivity index (χ0) is 14.8. The molecular formula is C17H14BrNO2. The van der Waals surface area contributed by atoms with Gasteiger partial charge < -0.3 is 9.30 Å². The van der Waals surface area contributed by atoms with Crippen LogP contribution in [0.2, 0.25) is 0 Å². The van der Waals surface area contributed by atoms with Crippen LogP contribution in [-0.2, 0) is 13.7 Å². The van der Waals surface area contributed by atoms with E-state index in [0.717, 1.165) is 20.9 Å². The molecule has 0 saturated carbocycles. The molecule has 2 aromatic carbocycles. The van der Waals surface area contributed by atoms with E-state index in [-0.39, 0.29) is 5.56 Å². The Kier molecular flexibility index (Phi) is 3.80. The van der Waals surface area contributed by atoms with Crippen molar-refractivity contribution in [1.82, 2.24) is 4.57 Å². The average molecular weight is 344 g/mol. The second kappa shape index (κ2) is 5.74. The molecule has 0 N–H and O–H groups in total. The SMILES string of the molecule is Cn1c(=O)c(OCc2ccccc2Br)cc2ccccc21. The molecule has 1 heterocycles. The molecule has 21 heavy (non-hydrogen) atoms. The van der Waals surface area contributed by atoms with E-state index in [1.165, 1.54) is 0 Å². The lowest BCUT2D eigenvalue weighted by molar-refractivity contribution is 0.300. The number of ether oxygens (including phenoxy) is 1. The maximum Gasteiger partial charge on any atom is 0.293 e. The Bertz CT molecular complexity index is 855. The van der Waals surface area contributed by atoms with Gasteiger partial charge in [0.1, 0.15) is 6.61 Å². The molecule has 106 valence electrons. The van der Waals surface area contributed by atoms with E-state index in [9.17, 15) is 4.79 Å². The van der Waals surface area contributed by atoms with E-state index in [2.05, 4.69) is 15.9 Å². The average Bonchev–Trinajstić information content (AvgIpc) is 2.51. The summed E-state index contributed by atoms with van der Waals surface area (Å²) in [6.07, 6.45) is 0. The number of pyridine rings is 1. The second-order valence-electron chi connectivity index (χ2n) is 4.81. The maximum absolute atomic E-state index is 12.3. The van der Waals surface area contributed by atoms with E-state index in [1.807, 2.05) is 48.5 Å². The van der Waals surface area contributed by atoms with Crippen molar-refractivity contribution in [2.24, 2.45) is 7.05 Å². The minimum Gasteiger partial charge on any atom is -0.483 e. The number of fused-ring (bicyclic) bond motifs is 1. The summed E-state index contributed by atoms with van der Waals surface area (Å²) in [5.41, 5.74) is 1.78. The van der Waals surface area contributed by atoms with Crippen LogP contribution in [0.4, 0.5) is 0 Å². The van der Waals surface area contributed by atoms with Crippen LogP contribution in [0.25, 0.3) is 10.9 Å². The molecule has 0 aliphatic carbocycles. The Morgan fingerprint density at radius 1 is 1.10 bits per heavy atom. The highest BCUT2D eigenvalue weighted by molar-refractivity contribution is 9.10. The van der Waals surface area contributed by atoms with Crippen molar-refractivity contribution in [1.29, 1.82) is 0 Å². The standard InChI is InChI=1S/C17H14BrNO2/c1-19-15-9-5-3-6-12(15)10-16(17(19)20)21-11-13-7-2-4-8-14(13)18/h2-10H,11H2,1H3. The summed E-state index contributed by atoms with van der Waals surface area (Å²) in [6.45, 7) is 0.356. The molecule has 0 radical (unpaired) electrons. The van der Waals surface area contributed by atoms with Gasteiger partial charge in [-0.25, -0.2) is 0 Å². The number of aromatic nitrogens is 1. The third-order valence-corrected chi connectivity index (χ3v) is 4.21. The first kappa shape index (κ1) is 13.9. The Morgan fingerprint density at radius 2 is 1.81 bits per heavy atom. The van der Waals surface area contributed by atoms with Crippen molar-refractivity contribution < 1.29 is 4.74 Å². The van der Waals surface area contributed by atoms with Crippen molar-refractivity contribution in [2.45, 2.75) is 6.61 Å². The van der Waals surface area contributed by atoms with Crippen LogP contribution in [0.3, 0.4) is 0 Å². The number of hydrogen-bond donors (Lipinski definition) is 0. The molecule has 0 unspecified atom stereocenters. The largest absolute Gasteiger partial charge is 0.483 e. The van der Waals surface area contributed by atoms with Crippen molar-refractivity contribution in [3.63, 3.8) is 0 Å². The van der Waals surface area contributed by atoms with Gasteiger partial charge in [-0.3, -0.25) is 4.79 Å². The maximum atomic E-state index is 12.3. The van der Waals surface area contributed by atoms with Gasteiger partial charge >= 0.3 is 0 Å². The molecule has 3 rings (SSSR count). The van der Waals surface area contributed by atoms with Gasteiger partial charge in [0.05, 0.1) is 5.52 Å². The van der Waals surface area contributed by atoms with Gasteiger partial charge in [-0.15, -0.1) is 0 Å². The van der Waals surface area contributed by atoms with Crippen molar-refractivity contribution >= 4 is 26.8 Å². The zero-order valence-electron chi connectivity index (χ0n) is 11.5. The first-order valence-electron chi connectivity index (χ1n) is 6.62. The highest BCUT2D eigenvalue weighted by atomic mass is 79.9. The summed E-state index contributed by atoms with van der Waals surface area (Å²) in [5, 5.41) is 0.988. The fraction of sp³-hybridized carbons (Fsp3) is 0.118. The van der Waals surface area contributed by atoms with Crippen LogP contribution in [-0.4, -0.2) is 4.57 Å². The molecule has 0 fully saturated rings. The first-order chi connectivity index (χ1) is 10.2. The van der Waals surface area contributed by atoms with Gasteiger partial charge in [0, 0.05) is 22.5 Å². The molecule has 0 atom stereocenters. The number of rotatable bonds is 3. The first-order valence-corrected chi connectivity index (χ1v) is 7.41. The van der Waals surface area contributed by atoms with Gasteiger partial charge in [0.2, 0.25) is 0 Å². The molecule has 0 aliphatic heterocycles. The van der Waals surface area contributed by atoms with Crippen LogP contribution in [0.15, 0.2) is 63.9 Å². The number of halogens is 1. The number of benzene rings is 2. The topological polar surface area (TPSA) is 31.2 Å². The van der Waals surface area contributed by atoms with Crippen LogP contribution in [0.1, 0.15) is 5.56 Å². The molecule has 0 aliphatic rings. The van der Waals surface area contributed by atoms with Gasteiger partial charge in [0.25, 0.3) is 5.56 Å². The summed E-state index contributed by atoms with van der Waals surface area (Å²) >= 11 is 3.48. The predicted octanol–water partition coefficient (Wildman–Crippen LogP) is 3.88. The second-order valence-corrected chi connectivity index (χ2v) is 5.67. The lowest BCUT2D eigenvalue weighted by Gasteiger charge is -2.11. The van der Waals surface area contributed by atoms with Crippen LogP contribution < -0.4 is 10.3 Å². The normalized spacial score (nSPS) is 10.8. The molecule has 0 amide bonds. The quantitative estimate of drug-likeness (QED) is 0.722. The van der Waals surface area contributed by atoms with Gasteiger partial charge in [-0.1, -0.05) is 52.3 Å². The lowest BCUT2D eigenvalue weighted by Crippen LogP contribution is -2.19. The Morgan fingerprint density at radius 3 is 2.62 bits per heavy atom. The fourth-order valence-electron chi connectivity index (χ4n) is 2.27. The number of aryl methyl sites for hydroxylation is 1. The molecule has 0 bridgehead atoms. The molecule has 3 aromatic rings. The van der Waals surface area contributed by atoms with E-state index in [1.54, 1.807) is 17.7 Å². The number of nitrogens with zero attached hydrogens (tertiary/aromatic N) is 1. The van der Waals surface area contributed by atoms with Crippen molar-refractivity contribution in [3.05, 3.63) is 75.0 Å². The highest BCUT2D eigenvalue weighted by Gasteiger charge is 2.08. The van der Waals surface area contributed by atoms with E-state index in [4.69, 9.17) is 4.74 Å². The Hall–Kier alpha value is -2.07. The summed E-state index contributed by atoms with van der Waals surface area (Å²) in [6, 6.07) is 17.4. The minimum atomic E-state index is -0.124. The Balaban J connectivity index is 1.96. The fourth-order valence-corrected chi connectivity index (χ4v) is 2.67. The van der Waals surface area contributed by atoms with Gasteiger partial charge in [-0.05, 0) is 18.2 Å². The molecular weight excluding hydrogens is 330 g/mol. The van der Waals surface area contributed by atoms with Crippen LogP contribution >= 0.6 is 15.9 Å². The van der Waals surface area contributed by atoms with E-state index in [0.29, 0.717) is 12.4 Å². The number of hydrogen-bond acceptors (Lipinski definition) is 2. The van der Waals surface area contributed by atoms with E-state index < -0.39 is 0 Å². The third-order valence-electron chi connectivity index (χ3n) is 3.44. The summed E-state index contributed by atoms with van der Waals surface area (Å²) in [4.78, 5) is 12.3. The summed E-state index contributed by atoms with van der Waals surface area (Å²) < 4.78 is 8.32. The molecule has 4 heteroatoms. The predicted molar refractivity (Wildman–Crippen MR) is 87.7 cm³/mol. The van der Waals surface area contributed by atoms with Crippen molar-refractivity contribution in [2.75, 3.05) is 0 Å². The summed E-state index contributed by atoms with van der Waals surface area (Å²) in [5.74, 6) is 0.368. The third kappa shape index (κ3) is 2.72. The molecule has 0 saturated heterocycles. The van der Waals surface area contributed by atoms with Gasteiger partial charge in [0.15, 0.2) is 5.75 Å². The lowest BCUT2D eigenvalue weighted by atomic mass is 10.2. The summed E-state index contributed by atoms with van der Waals surface area (Å²) in [7, 11) is 1.76. The monoisotopic (exact) mass is 343 g/mol. The minimum absolute atomic E-state index is 0.124. The highest BCUT2D eigenvalue weighted by Crippen LogP contribution is 2.20. The molecule has 0 spiro atoms. The van der Waals surface area contributed by atoms with Crippen LogP contribution in [0.5, 0.6) is 5.75 Å². The molecule has 1 aromatic heterocycles. The number of para-hydroxylation sites is 1. The van der Waals surface area contributed by atoms with Gasteiger partial charge in [-0.2, -0.15) is 0 Å². The zero-order valence-corrected chi connectivity index (χ0v) is 13.1. The smallest absolute Gasteiger partial charge is 0.293 e. The van der Waals surface area contributed by atoms with Crippen molar-refractivity contribution in [3.8, 4) is 5.75 Å². The van der Waals surface area contributed by atoms with Crippen LogP contribution in [0, 0.1) is 0 Å².